The smallest absolute Gasteiger partial charge is 0.259 e. The summed E-state index contributed by atoms with van der Waals surface area (Å²) in [5.74, 6) is 1.31. The second kappa shape index (κ2) is 6.14. The van der Waals surface area contributed by atoms with Gasteiger partial charge in [-0.15, -0.1) is 0 Å². The molecule has 21 heavy (non-hydrogen) atoms. The van der Waals surface area contributed by atoms with Crippen molar-refractivity contribution in [2.24, 2.45) is 0 Å². The van der Waals surface area contributed by atoms with E-state index in [4.69, 9.17) is 4.42 Å². The highest BCUT2D eigenvalue weighted by molar-refractivity contribution is 6.06. The Morgan fingerprint density at radius 2 is 1.71 bits per heavy atom. The van der Waals surface area contributed by atoms with E-state index in [1.165, 1.54) is 5.56 Å². The lowest BCUT2D eigenvalue weighted by atomic mass is 10.1. The molecule has 2 rings (SSSR count). The summed E-state index contributed by atoms with van der Waals surface area (Å²) < 4.78 is 5.50. The average Bonchev–Trinajstić information content (AvgIpc) is 2.72. The van der Waals surface area contributed by atoms with Gasteiger partial charge in [-0.3, -0.25) is 4.79 Å². The summed E-state index contributed by atoms with van der Waals surface area (Å²) in [6.45, 7) is 7.67. The largest absolute Gasteiger partial charge is 0.466 e. The second-order valence-electron chi connectivity index (χ2n) is 5.30. The van der Waals surface area contributed by atoms with Gasteiger partial charge in [-0.2, -0.15) is 0 Å². The molecule has 0 aliphatic heterocycles. The fraction of sp³-hybridized carbons (Fsp3) is 0.353. The molecule has 1 aromatic heterocycles. The average molecular weight is 286 g/mol. The van der Waals surface area contributed by atoms with Gasteiger partial charge in [0.15, 0.2) is 0 Å². The first kappa shape index (κ1) is 15.3. The van der Waals surface area contributed by atoms with Crippen molar-refractivity contribution in [2.75, 3.05) is 12.4 Å². The summed E-state index contributed by atoms with van der Waals surface area (Å²) in [7, 11) is 1.92. The zero-order valence-electron chi connectivity index (χ0n) is 13.2. The fourth-order valence-electron chi connectivity index (χ4n) is 2.34. The van der Waals surface area contributed by atoms with Crippen molar-refractivity contribution < 1.29 is 9.21 Å². The van der Waals surface area contributed by atoms with Crippen LogP contribution >= 0.6 is 0 Å². The molecule has 0 spiro atoms. The predicted molar refractivity (Wildman–Crippen MR) is 84.8 cm³/mol. The number of nitrogens with one attached hydrogen (secondary N) is 2. The van der Waals surface area contributed by atoms with Gasteiger partial charge in [-0.1, -0.05) is 12.1 Å². The number of furan rings is 1. The summed E-state index contributed by atoms with van der Waals surface area (Å²) >= 11 is 0. The molecule has 0 saturated carbocycles. The summed E-state index contributed by atoms with van der Waals surface area (Å²) in [4.78, 5) is 12.4. The molecule has 2 N–H and O–H groups in total. The first-order chi connectivity index (χ1) is 9.93. The highest BCUT2D eigenvalue weighted by atomic mass is 16.3. The lowest BCUT2D eigenvalue weighted by molar-refractivity contribution is 0.102. The molecule has 0 fully saturated rings. The Balaban J connectivity index is 2.16. The zero-order valence-corrected chi connectivity index (χ0v) is 13.2. The summed E-state index contributed by atoms with van der Waals surface area (Å²) in [5, 5.41) is 6.10. The monoisotopic (exact) mass is 286 g/mol. The van der Waals surface area contributed by atoms with Gasteiger partial charge >= 0.3 is 0 Å². The first-order valence-corrected chi connectivity index (χ1v) is 7.09. The molecule has 0 saturated heterocycles. The van der Waals surface area contributed by atoms with Gasteiger partial charge in [0, 0.05) is 17.3 Å². The van der Waals surface area contributed by atoms with Crippen molar-refractivity contribution in [1.29, 1.82) is 0 Å². The second-order valence-corrected chi connectivity index (χ2v) is 5.30. The Morgan fingerprint density at radius 1 is 1.10 bits per heavy atom. The highest BCUT2D eigenvalue weighted by Crippen LogP contribution is 2.22. The van der Waals surface area contributed by atoms with E-state index in [9.17, 15) is 4.79 Å². The standard InChI is InChI=1S/C17H22N2O2/c1-10-12(3)21-13(4)16(10)17(20)19-15-8-6-14(7-9-15)11(2)18-5/h6-9,11,18H,1-5H3,(H,19,20). The Hall–Kier alpha value is -2.07. The third kappa shape index (κ3) is 3.16. The third-order valence-corrected chi connectivity index (χ3v) is 3.89. The number of rotatable bonds is 4. The number of hydrogen-bond acceptors (Lipinski definition) is 3. The van der Waals surface area contributed by atoms with Crippen molar-refractivity contribution in [2.45, 2.75) is 33.7 Å². The van der Waals surface area contributed by atoms with Crippen molar-refractivity contribution in [1.82, 2.24) is 5.32 Å². The van der Waals surface area contributed by atoms with Crippen LogP contribution in [0.15, 0.2) is 28.7 Å². The maximum atomic E-state index is 12.4. The number of aryl methyl sites for hydroxylation is 2. The third-order valence-electron chi connectivity index (χ3n) is 3.89. The molecule has 0 aliphatic carbocycles. The molecule has 0 bridgehead atoms. The molecule has 112 valence electrons. The molecule has 1 aromatic carbocycles. The van der Waals surface area contributed by atoms with Crippen LogP contribution in [0.1, 0.15) is 46.0 Å². The molecule has 1 atom stereocenters. The number of carbonyl (C=O) groups is 1. The van der Waals surface area contributed by atoms with E-state index in [2.05, 4.69) is 17.6 Å². The van der Waals surface area contributed by atoms with Crippen LogP contribution < -0.4 is 10.6 Å². The fourth-order valence-corrected chi connectivity index (χ4v) is 2.34. The van der Waals surface area contributed by atoms with E-state index >= 15 is 0 Å². The Morgan fingerprint density at radius 3 is 2.19 bits per heavy atom. The quantitative estimate of drug-likeness (QED) is 0.900. The maximum Gasteiger partial charge on any atom is 0.259 e. The Labute approximate surface area is 125 Å². The van der Waals surface area contributed by atoms with Crippen LogP contribution in [0.3, 0.4) is 0 Å². The summed E-state index contributed by atoms with van der Waals surface area (Å²) in [6.07, 6.45) is 0. The van der Waals surface area contributed by atoms with E-state index in [0.717, 1.165) is 17.0 Å². The minimum absolute atomic E-state index is 0.128. The van der Waals surface area contributed by atoms with E-state index in [0.29, 0.717) is 11.3 Å². The van der Waals surface area contributed by atoms with Gasteiger partial charge in [-0.25, -0.2) is 0 Å². The van der Waals surface area contributed by atoms with Gasteiger partial charge in [0.05, 0.1) is 5.56 Å². The number of hydrogen-bond donors (Lipinski definition) is 2. The normalized spacial score (nSPS) is 12.2. The van der Waals surface area contributed by atoms with Crippen LogP contribution in [0.5, 0.6) is 0 Å². The zero-order chi connectivity index (χ0) is 15.6. The van der Waals surface area contributed by atoms with Crippen LogP contribution in [0.25, 0.3) is 0 Å². The molecule has 0 radical (unpaired) electrons. The SMILES string of the molecule is CNC(C)c1ccc(NC(=O)c2c(C)oc(C)c2C)cc1. The van der Waals surface area contributed by atoms with Crippen molar-refractivity contribution in [3.05, 3.63) is 52.5 Å². The Bertz CT molecular complexity index is 642. The number of carbonyl (C=O) groups excluding carboxylic acids is 1. The van der Waals surface area contributed by atoms with E-state index < -0.39 is 0 Å². The van der Waals surface area contributed by atoms with Crippen LogP contribution in [0.2, 0.25) is 0 Å². The van der Waals surface area contributed by atoms with Gasteiger partial charge in [0.1, 0.15) is 11.5 Å². The van der Waals surface area contributed by atoms with E-state index in [1.807, 2.05) is 52.1 Å². The molecule has 2 aromatic rings. The van der Waals surface area contributed by atoms with E-state index in [1.54, 1.807) is 0 Å². The molecule has 1 unspecified atom stereocenters. The van der Waals surface area contributed by atoms with Crippen molar-refractivity contribution in [3.8, 4) is 0 Å². The number of benzene rings is 1. The molecule has 1 heterocycles. The topological polar surface area (TPSA) is 54.3 Å². The summed E-state index contributed by atoms with van der Waals surface area (Å²) in [6, 6.07) is 8.14. The number of anilines is 1. The molecule has 0 aliphatic rings. The first-order valence-electron chi connectivity index (χ1n) is 7.09. The minimum Gasteiger partial charge on any atom is -0.466 e. The molecule has 4 nitrogen and oxygen atoms in total. The molecule has 4 heteroatoms. The lowest BCUT2D eigenvalue weighted by Gasteiger charge is -2.11. The van der Waals surface area contributed by atoms with Gasteiger partial charge in [-0.05, 0) is 52.4 Å². The van der Waals surface area contributed by atoms with Crippen molar-refractivity contribution >= 4 is 11.6 Å². The maximum absolute atomic E-state index is 12.4. The van der Waals surface area contributed by atoms with Gasteiger partial charge in [0.2, 0.25) is 0 Å². The van der Waals surface area contributed by atoms with Crippen LogP contribution in [0, 0.1) is 20.8 Å². The predicted octanol–water partition coefficient (Wildman–Crippen LogP) is 3.74. The minimum atomic E-state index is -0.128. The van der Waals surface area contributed by atoms with Crippen LogP contribution in [0.4, 0.5) is 5.69 Å². The Kier molecular flexibility index (Phi) is 4.48. The summed E-state index contributed by atoms with van der Waals surface area (Å²) in [5.41, 5.74) is 3.48. The van der Waals surface area contributed by atoms with Gasteiger partial charge in [0.25, 0.3) is 5.91 Å². The highest BCUT2D eigenvalue weighted by Gasteiger charge is 2.18. The van der Waals surface area contributed by atoms with E-state index in [-0.39, 0.29) is 11.9 Å². The molecule has 1 amide bonds. The lowest BCUT2D eigenvalue weighted by Crippen LogP contribution is -2.14. The van der Waals surface area contributed by atoms with Crippen LogP contribution in [-0.2, 0) is 0 Å². The van der Waals surface area contributed by atoms with Crippen LogP contribution in [-0.4, -0.2) is 13.0 Å². The number of amides is 1. The molecular weight excluding hydrogens is 264 g/mol. The van der Waals surface area contributed by atoms with Crippen molar-refractivity contribution in [3.63, 3.8) is 0 Å². The van der Waals surface area contributed by atoms with Gasteiger partial charge < -0.3 is 15.1 Å². The molecular formula is C17H22N2O2.